The molecule has 2 rings (SSSR count). The first-order valence-corrected chi connectivity index (χ1v) is 6.65. The third-order valence-corrected chi connectivity index (χ3v) is 3.23. The van der Waals surface area contributed by atoms with Gasteiger partial charge in [-0.25, -0.2) is 0 Å². The van der Waals surface area contributed by atoms with E-state index in [-0.39, 0.29) is 5.92 Å². The fourth-order valence-corrected chi connectivity index (χ4v) is 1.92. The molecule has 1 N–H and O–H groups in total. The molecule has 102 valence electrons. The summed E-state index contributed by atoms with van der Waals surface area (Å²) in [6.45, 7) is 7.24. The van der Waals surface area contributed by atoms with Gasteiger partial charge in [-0.3, -0.25) is 4.98 Å². The van der Waals surface area contributed by atoms with Crippen molar-refractivity contribution in [1.29, 1.82) is 0 Å². The average Bonchev–Trinajstić information content (AvgIpc) is 2.88. The number of nitrogens with one attached hydrogen (secondary N) is 1. The molecule has 0 amide bonds. The molecule has 0 aliphatic rings. The van der Waals surface area contributed by atoms with Gasteiger partial charge in [-0.1, -0.05) is 25.1 Å². The van der Waals surface area contributed by atoms with E-state index in [1.807, 2.05) is 18.3 Å². The van der Waals surface area contributed by atoms with Crippen molar-refractivity contribution in [2.24, 2.45) is 0 Å². The lowest BCUT2D eigenvalue weighted by atomic mass is 10.0. The van der Waals surface area contributed by atoms with E-state index in [4.69, 9.17) is 4.52 Å². The summed E-state index contributed by atoms with van der Waals surface area (Å²) in [6.07, 6.45) is 4.23. The van der Waals surface area contributed by atoms with Gasteiger partial charge in [0.25, 0.3) is 0 Å². The highest BCUT2D eigenvalue weighted by molar-refractivity contribution is 5.14. The fraction of sp³-hybridized carbons (Fsp3) is 0.500. The topological polar surface area (TPSA) is 63.8 Å². The van der Waals surface area contributed by atoms with Gasteiger partial charge in [0, 0.05) is 24.9 Å². The second-order valence-electron chi connectivity index (χ2n) is 4.72. The van der Waals surface area contributed by atoms with Gasteiger partial charge in [-0.05, 0) is 25.1 Å². The van der Waals surface area contributed by atoms with Crippen LogP contribution >= 0.6 is 0 Å². The van der Waals surface area contributed by atoms with Crippen LogP contribution < -0.4 is 5.32 Å². The number of hydrogen-bond donors (Lipinski definition) is 1. The molecule has 5 nitrogen and oxygen atoms in total. The van der Waals surface area contributed by atoms with Crippen molar-refractivity contribution >= 4 is 0 Å². The number of rotatable bonds is 6. The molecule has 2 atom stereocenters. The average molecular weight is 260 g/mol. The van der Waals surface area contributed by atoms with E-state index >= 15 is 0 Å². The molecule has 0 radical (unpaired) electrons. The first-order chi connectivity index (χ1) is 9.20. The van der Waals surface area contributed by atoms with Gasteiger partial charge in [-0.2, -0.15) is 4.98 Å². The number of nitrogens with zero attached hydrogens (tertiary/aromatic N) is 3. The molecule has 0 aromatic carbocycles. The lowest BCUT2D eigenvalue weighted by Gasteiger charge is -2.16. The van der Waals surface area contributed by atoms with Gasteiger partial charge >= 0.3 is 0 Å². The van der Waals surface area contributed by atoms with E-state index in [0.717, 1.165) is 12.1 Å². The summed E-state index contributed by atoms with van der Waals surface area (Å²) in [5, 5.41) is 7.40. The lowest BCUT2D eigenvalue weighted by Crippen LogP contribution is -2.30. The highest BCUT2D eigenvalue weighted by Crippen LogP contribution is 2.17. The number of hydrogen-bond acceptors (Lipinski definition) is 5. The van der Waals surface area contributed by atoms with Crippen LogP contribution in [0.3, 0.4) is 0 Å². The van der Waals surface area contributed by atoms with E-state index in [1.165, 1.54) is 0 Å². The van der Waals surface area contributed by atoms with Crippen LogP contribution in [0.4, 0.5) is 0 Å². The Bertz CT molecular complexity index is 497. The van der Waals surface area contributed by atoms with Crippen molar-refractivity contribution in [3.05, 3.63) is 41.8 Å². The molecular weight excluding hydrogens is 240 g/mol. The monoisotopic (exact) mass is 260 g/mol. The minimum atomic E-state index is 0.204. The van der Waals surface area contributed by atoms with Gasteiger partial charge in [0.15, 0.2) is 5.82 Å². The molecule has 2 aromatic rings. The zero-order chi connectivity index (χ0) is 13.7. The molecule has 0 bridgehead atoms. The highest BCUT2D eigenvalue weighted by Gasteiger charge is 2.19. The maximum Gasteiger partial charge on any atom is 0.231 e. The SMILES string of the molecule is CCNC(C)C(C)c1nc(Cc2cccnc2)no1. The van der Waals surface area contributed by atoms with E-state index in [2.05, 4.69) is 41.2 Å². The Kier molecular flexibility index (Phi) is 4.63. The van der Waals surface area contributed by atoms with Gasteiger partial charge < -0.3 is 9.84 Å². The van der Waals surface area contributed by atoms with Crippen LogP contribution in [0.25, 0.3) is 0 Å². The Balaban J connectivity index is 2.03. The Hall–Kier alpha value is -1.75. The molecule has 0 saturated heterocycles. The van der Waals surface area contributed by atoms with Gasteiger partial charge in [0.2, 0.25) is 5.89 Å². The molecule has 5 heteroatoms. The molecule has 2 heterocycles. The van der Waals surface area contributed by atoms with Crippen LogP contribution in [0.1, 0.15) is 44.0 Å². The van der Waals surface area contributed by atoms with E-state index < -0.39 is 0 Å². The van der Waals surface area contributed by atoms with Crippen LogP contribution in [0.2, 0.25) is 0 Å². The maximum atomic E-state index is 5.34. The second-order valence-corrected chi connectivity index (χ2v) is 4.72. The van der Waals surface area contributed by atoms with Crippen molar-refractivity contribution in [3.63, 3.8) is 0 Å². The minimum Gasteiger partial charge on any atom is -0.339 e. The van der Waals surface area contributed by atoms with Crippen molar-refractivity contribution in [3.8, 4) is 0 Å². The van der Waals surface area contributed by atoms with E-state index in [1.54, 1.807) is 6.20 Å². The summed E-state index contributed by atoms with van der Waals surface area (Å²) in [4.78, 5) is 8.54. The standard InChI is InChI=1S/C14H20N4O/c1-4-16-11(3)10(2)14-17-13(18-19-14)8-12-6-5-7-15-9-12/h5-7,9-11,16H,4,8H2,1-3H3. The smallest absolute Gasteiger partial charge is 0.231 e. The molecular formula is C14H20N4O. The predicted molar refractivity (Wildman–Crippen MR) is 72.9 cm³/mol. The van der Waals surface area contributed by atoms with Crippen LogP contribution in [0.5, 0.6) is 0 Å². The van der Waals surface area contributed by atoms with Crippen LogP contribution in [-0.4, -0.2) is 27.7 Å². The normalized spacial score (nSPS) is 14.3. The maximum absolute atomic E-state index is 5.34. The minimum absolute atomic E-state index is 0.204. The van der Waals surface area contributed by atoms with Gasteiger partial charge in [0.1, 0.15) is 0 Å². The van der Waals surface area contributed by atoms with Crippen molar-refractivity contribution in [1.82, 2.24) is 20.4 Å². The quantitative estimate of drug-likeness (QED) is 0.862. The molecule has 0 aliphatic heterocycles. The molecule has 2 unspecified atom stereocenters. The summed E-state index contributed by atoms with van der Waals surface area (Å²) < 4.78 is 5.34. The van der Waals surface area contributed by atoms with Crippen molar-refractivity contribution in [2.75, 3.05) is 6.54 Å². The Labute approximate surface area is 113 Å². The first-order valence-electron chi connectivity index (χ1n) is 6.65. The first kappa shape index (κ1) is 13.7. The van der Waals surface area contributed by atoms with Crippen molar-refractivity contribution in [2.45, 2.75) is 39.2 Å². The molecule has 0 fully saturated rings. The van der Waals surface area contributed by atoms with Crippen LogP contribution in [-0.2, 0) is 6.42 Å². The summed E-state index contributed by atoms with van der Waals surface area (Å²) >= 11 is 0. The Morgan fingerprint density at radius 2 is 2.21 bits per heavy atom. The van der Waals surface area contributed by atoms with Gasteiger partial charge in [0.05, 0.1) is 5.92 Å². The summed E-state index contributed by atoms with van der Waals surface area (Å²) in [7, 11) is 0. The second kappa shape index (κ2) is 6.43. The molecule has 0 saturated carbocycles. The van der Waals surface area contributed by atoms with Gasteiger partial charge in [-0.15, -0.1) is 0 Å². The number of aromatic nitrogens is 3. The zero-order valence-electron chi connectivity index (χ0n) is 11.6. The number of likely N-dealkylation sites (N-methyl/N-ethyl adjacent to an activating group) is 1. The molecule has 2 aromatic heterocycles. The molecule has 0 spiro atoms. The molecule has 0 aliphatic carbocycles. The highest BCUT2D eigenvalue weighted by atomic mass is 16.5. The lowest BCUT2D eigenvalue weighted by molar-refractivity contribution is 0.330. The molecule has 19 heavy (non-hydrogen) atoms. The summed E-state index contributed by atoms with van der Waals surface area (Å²) in [5.41, 5.74) is 1.09. The largest absolute Gasteiger partial charge is 0.339 e. The number of pyridine rings is 1. The van der Waals surface area contributed by atoms with Crippen molar-refractivity contribution < 1.29 is 4.52 Å². The third-order valence-electron chi connectivity index (χ3n) is 3.23. The Morgan fingerprint density at radius 3 is 2.89 bits per heavy atom. The van der Waals surface area contributed by atoms with Crippen LogP contribution in [0, 0.1) is 0 Å². The fourth-order valence-electron chi connectivity index (χ4n) is 1.92. The van der Waals surface area contributed by atoms with E-state index in [9.17, 15) is 0 Å². The van der Waals surface area contributed by atoms with Crippen LogP contribution in [0.15, 0.2) is 29.0 Å². The summed E-state index contributed by atoms with van der Waals surface area (Å²) in [5.74, 6) is 1.60. The summed E-state index contributed by atoms with van der Waals surface area (Å²) in [6, 6.07) is 4.23. The zero-order valence-corrected chi connectivity index (χ0v) is 11.6. The third kappa shape index (κ3) is 3.61. The van der Waals surface area contributed by atoms with E-state index in [0.29, 0.717) is 24.2 Å². The Morgan fingerprint density at radius 1 is 1.37 bits per heavy atom. The predicted octanol–water partition coefficient (Wildman–Crippen LogP) is 2.16.